The number of hydrogen-bond donors (Lipinski definition) is 2. The number of ether oxygens (including phenoxy) is 1. The predicted octanol–water partition coefficient (Wildman–Crippen LogP) is 6.41. The van der Waals surface area contributed by atoms with Crippen molar-refractivity contribution in [2.24, 2.45) is 28.6 Å². The molecule has 0 unspecified atom stereocenters. The molecule has 6 rings (SSSR count). The summed E-state index contributed by atoms with van der Waals surface area (Å²) in [6.45, 7) is 8.79. The van der Waals surface area contributed by atoms with Crippen LogP contribution >= 0.6 is 11.6 Å². The van der Waals surface area contributed by atoms with Crippen LogP contribution in [0.25, 0.3) is 0 Å². The number of rotatable bonds is 2. The van der Waals surface area contributed by atoms with E-state index in [0.29, 0.717) is 36.9 Å². The second-order valence-corrected chi connectivity index (χ2v) is 17.4. The molecular formula is C37H46ClN3O5S. The smallest absolute Gasteiger partial charge is 0.264 e. The van der Waals surface area contributed by atoms with E-state index in [4.69, 9.17) is 16.3 Å². The van der Waals surface area contributed by atoms with Gasteiger partial charge in [-0.25, -0.2) is 13.1 Å². The monoisotopic (exact) mass is 679 g/mol. The molecular weight excluding hydrogens is 634 g/mol. The molecule has 0 aromatic heterocycles. The number of hydrogen-bond acceptors (Lipinski definition) is 7. The zero-order valence-electron chi connectivity index (χ0n) is 27.8. The summed E-state index contributed by atoms with van der Waals surface area (Å²) < 4.78 is 35.8. The Kier molecular flexibility index (Phi) is 8.95. The van der Waals surface area contributed by atoms with E-state index in [1.54, 1.807) is 25.1 Å². The number of carbonyl (C=O) groups excluding carboxylic acids is 1. The quantitative estimate of drug-likeness (QED) is 0.352. The number of aliphatic hydroxyl groups excluding tert-OH is 1. The van der Waals surface area contributed by atoms with Gasteiger partial charge >= 0.3 is 0 Å². The van der Waals surface area contributed by atoms with Gasteiger partial charge in [-0.2, -0.15) is 5.26 Å². The molecule has 2 N–H and O–H groups in total. The fourth-order valence-electron chi connectivity index (χ4n) is 8.54. The van der Waals surface area contributed by atoms with Crippen molar-refractivity contribution < 1.29 is 23.1 Å². The molecule has 4 aliphatic rings. The number of sulfonamides is 1. The number of allylic oxidation sites excluding steroid dienone is 1. The highest BCUT2D eigenvalue weighted by molar-refractivity contribution is 7.90. The first kappa shape index (κ1) is 33.8. The Balaban J connectivity index is 1.49. The zero-order chi connectivity index (χ0) is 33.8. The van der Waals surface area contributed by atoms with Crippen LogP contribution in [0.5, 0.6) is 5.75 Å². The number of benzene rings is 2. The molecule has 10 heteroatoms. The van der Waals surface area contributed by atoms with Crippen LogP contribution in [0.4, 0.5) is 5.69 Å². The van der Waals surface area contributed by atoms with E-state index in [0.717, 1.165) is 37.8 Å². The summed E-state index contributed by atoms with van der Waals surface area (Å²) in [4.78, 5) is 15.8. The molecule has 1 amide bonds. The normalized spacial score (nSPS) is 32.8. The summed E-state index contributed by atoms with van der Waals surface area (Å²) in [5.74, 6) is -0.147. The first-order valence-corrected chi connectivity index (χ1v) is 18.7. The molecule has 252 valence electrons. The predicted molar refractivity (Wildman–Crippen MR) is 184 cm³/mol. The van der Waals surface area contributed by atoms with Gasteiger partial charge in [0.25, 0.3) is 5.91 Å². The average Bonchev–Trinajstić information content (AvgIpc) is 3.17. The summed E-state index contributed by atoms with van der Waals surface area (Å²) in [7, 11) is -4.00. The summed E-state index contributed by atoms with van der Waals surface area (Å²) in [5.41, 5.74) is 1.42. The Morgan fingerprint density at radius 3 is 2.68 bits per heavy atom. The van der Waals surface area contributed by atoms with Crippen LogP contribution in [0.1, 0.15) is 81.3 Å². The zero-order valence-corrected chi connectivity index (χ0v) is 29.3. The number of amides is 1. The molecule has 0 saturated heterocycles. The molecule has 0 radical (unpaired) electrons. The van der Waals surface area contributed by atoms with E-state index < -0.39 is 32.0 Å². The van der Waals surface area contributed by atoms with Gasteiger partial charge in [0.15, 0.2) is 0 Å². The molecule has 47 heavy (non-hydrogen) atoms. The summed E-state index contributed by atoms with van der Waals surface area (Å²) in [5, 5.41) is 21.4. The Labute approximate surface area is 284 Å². The first-order chi connectivity index (χ1) is 22.3. The minimum atomic E-state index is -4.00. The van der Waals surface area contributed by atoms with Gasteiger partial charge < -0.3 is 14.7 Å². The van der Waals surface area contributed by atoms with Gasteiger partial charge in [0.2, 0.25) is 10.0 Å². The molecule has 1 saturated carbocycles. The van der Waals surface area contributed by atoms with Crippen molar-refractivity contribution in [3.05, 3.63) is 70.3 Å². The molecule has 2 aliphatic carbocycles. The van der Waals surface area contributed by atoms with Gasteiger partial charge in [-0.05, 0) is 119 Å². The third kappa shape index (κ3) is 5.85. The Morgan fingerprint density at radius 2 is 1.98 bits per heavy atom. The Morgan fingerprint density at radius 1 is 1.19 bits per heavy atom. The van der Waals surface area contributed by atoms with E-state index in [1.165, 1.54) is 11.1 Å². The fourth-order valence-corrected chi connectivity index (χ4v) is 10.0. The molecule has 2 aromatic carbocycles. The van der Waals surface area contributed by atoms with Crippen molar-refractivity contribution in [1.29, 1.82) is 5.26 Å². The van der Waals surface area contributed by atoms with Gasteiger partial charge in [0.1, 0.15) is 5.75 Å². The lowest BCUT2D eigenvalue weighted by Crippen LogP contribution is -2.55. The van der Waals surface area contributed by atoms with Crippen molar-refractivity contribution in [2.45, 2.75) is 76.9 Å². The molecule has 8 nitrogen and oxygen atoms in total. The molecule has 2 bridgehead atoms. The van der Waals surface area contributed by atoms with Crippen LogP contribution in [0.15, 0.2) is 48.6 Å². The van der Waals surface area contributed by atoms with Crippen molar-refractivity contribution in [1.82, 2.24) is 4.72 Å². The van der Waals surface area contributed by atoms with E-state index in [2.05, 4.69) is 27.8 Å². The van der Waals surface area contributed by atoms with Gasteiger partial charge in [-0.15, -0.1) is 0 Å². The highest BCUT2D eigenvalue weighted by Gasteiger charge is 2.55. The van der Waals surface area contributed by atoms with E-state index in [9.17, 15) is 23.6 Å². The van der Waals surface area contributed by atoms with E-state index in [-0.39, 0.29) is 35.3 Å². The third-order valence-corrected chi connectivity index (χ3v) is 14.1. The number of nitrogens with zero attached hydrogens (tertiary/aromatic N) is 2. The molecule has 2 heterocycles. The fraction of sp³-hybridized carbons (Fsp3) is 0.568. The highest BCUT2D eigenvalue weighted by Crippen LogP contribution is 2.57. The highest BCUT2D eigenvalue weighted by atomic mass is 35.5. The molecule has 1 spiro atoms. The number of nitriles is 1. The maximum atomic E-state index is 13.5. The van der Waals surface area contributed by atoms with Gasteiger partial charge in [0.05, 0.1) is 35.6 Å². The molecule has 1 fully saturated rings. The SMILES string of the molecule is C[C@@H]1[C@@H](C)C/C=C/[C@](CO)(C(C)(C)C#N)[C@@H]2CC[C@H]2CN2C[C@@]3(CCCc4cc(Cl)ccc43)COc3ccc(cc32)C(=O)NS1(=O)=O. The van der Waals surface area contributed by atoms with Crippen molar-refractivity contribution in [2.75, 3.05) is 31.2 Å². The molecule has 6 atom stereocenters. The maximum Gasteiger partial charge on any atom is 0.264 e. The number of carbonyl (C=O) groups is 1. The number of anilines is 1. The summed E-state index contributed by atoms with van der Waals surface area (Å²) >= 11 is 6.43. The number of aliphatic hydroxyl groups is 1. The molecule has 2 aliphatic heterocycles. The largest absolute Gasteiger partial charge is 0.490 e. The van der Waals surface area contributed by atoms with Crippen LogP contribution < -0.4 is 14.4 Å². The minimum absolute atomic E-state index is 0.0234. The maximum absolute atomic E-state index is 13.5. The lowest BCUT2D eigenvalue weighted by Gasteiger charge is -2.54. The lowest BCUT2D eigenvalue weighted by molar-refractivity contribution is -0.0455. The standard InChI is InChI=1S/C37H46ClN3O5S/c1-24-7-5-16-37(22-42,35(3,4)20-39)31-12-9-28(31)19-41-21-36(15-6-8-26-17-29(38)11-13-30(26)36)23-46-33-14-10-27(18-32(33)41)34(43)40-47(44,45)25(24)2/h5,10-11,13-14,16-18,24-25,28,31,42H,6-9,12,15,19,21-23H2,1-4H3,(H,40,43)/b16-5+/t24-,25+,28-,31+,36-,37+/m0/s1. The summed E-state index contributed by atoms with van der Waals surface area (Å²) in [6.07, 6.45) is 9.02. The Bertz CT molecular complexity index is 1740. The van der Waals surface area contributed by atoms with Crippen LogP contribution in [0, 0.1) is 39.9 Å². The van der Waals surface area contributed by atoms with E-state index >= 15 is 0 Å². The minimum Gasteiger partial charge on any atom is -0.490 e. The Hall–Kier alpha value is -3.06. The van der Waals surface area contributed by atoms with Crippen LogP contribution in [-0.4, -0.2) is 51.0 Å². The van der Waals surface area contributed by atoms with Crippen LogP contribution in [0.2, 0.25) is 5.02 Å². The topological polar surface area (TPSA) is 120 Å². The average molecular weight is 680 g/mol. The second-order valence-electron chi connectivity index (χ2n) is 15.0. The van der Waals surface area contributed by atoms with Crippen molar-refractivity contribution in [3.8, 4) is 11.8 Å². The third-order valence-electron chi connectivity index (χ3n) is 12.0. The first-order valence-electron chi connectivity index (χ1n) is 16.8. The number of aryl methyl sites for hydroxylation is 1. The van der Waals surface area contributed by atoms with Gasteiger partial charge in [0, 0.05) is 34.5 Å². The van der Waals surface area contributed by atoms with Gasteiger partial charge in [-0.1, -0.05) is 36.7 Å². The number of nitrogens with one attached hydrogen (secondary N) is 1. The lowest BCUT2D eigenvalue weighted by atomic mass is 9.50. The summed E-state index contributed by atoms with van der Waals surface area (Å²) in [6, 6.07) is 13.8. The van der Waals surface area contributed by atoms with Crippen LogP contribution in [-0.2, 0) is 21.9 Å². The number of halogens is 1. The van der Waals surface area contributed by atoms with Crippen LogP contribution in [0.3, 0.4) is 0 Å². The second kappa shape index (κ2) is 12.4. The van der Waals surface area contributed by atoms with Crippen molar-refractivity contribution in [3.63, 3.8) is 0 Å². The van der Waals surface area contributed by atoms with Crippen molar-refractivity contribution >= 4 is 33.2 Å². The molecule has 2 aromatic rings. The van der Waals surface area contributed by atoms with E-state index in [1.807, 2.05) is 39.0 Å². The van der Waals surface area contributed by atoms with Gasteiger partial charge in [-0.3, -0.25) is 4.79 Å². The number of fused-ring (bicyclic) bond motifs is 4.